The standard InChI is InChI=1S/C17H18N2O2/c1-12-7-9-13(10-8-12)15-11-16(21-19-15)18-17(20)14-5-3-2-4-6-14/h2-3,7-11,14H,4-6H2,1H3,(H,18,20)/t14-/m0/s1. The van der Waals surface area contributed by atoms with E-state index in [4.69, 9.17) is 4.52 Å². The lowest BCUT2D eigenvalue weighted by Gasteiger charge is -2.15. The lowest BCUT2D eigenvalue weighted by Crippen LogP contribution is -2.23. The van der Waals surface area contributed by atoms with Crippen LogP contribution in [0.15, 0.2) is 47.0 Å². The SMILES string of the molecule is Cc1ccc(-c2cc(NC(=O)[C@H]3CC=CCC3)on2)cc1. The summed E-state index contributed by atoms with van der Waals surface area (Å²) >= 11 is 0. The molecule has 1 heterocycles. The van der Waals surface area contributed by atoms with Gasteiger partial charge in [0, 0.05) is 17.5 Å². The first-order valence-corrected chi connectivity index (χ1v) is 7.22. The second-order valence-electron chi connectivity index (χ2n) is 5.41. The zero-order chi connectivity index (χ0) is 14.7. The summed E-state index contributed by atoms with van der Waals surface area (Å²) in [4.78, 5) is 12.1. The molecule has 1 N–H and O–H groups in total. The monoisotopic (exact) mass is 282 g/mol. The van der Waals surface area contributed by atoms with Crippen molar-refractivity contribution in [3.63, 3.8) is 0 Å². The van der Waals surface area contributed by atoms with Gasteiger partial charge in [-0.25, -0.2) is 0 Å². The summed E-state index contributed by atoms with van der Waals surface area (Å²) in [5.41, 5.74) is 2.90. The van der Waals surface area contributed by atoms with Gasteiger partial charge in [0.05, 0.1) is 0 Å². The van der Waals surface area contributed by atoms with Crippen LogP contribution in [0.2, 0.25) is 0 Å². The van der Waals surface area contributed by atoms with E-state index in [0.717, 1.165) is 30.5 Å². The molecule has 0 bridgehead atoms. The predicted octanol–water partition coefficient (Wildman–Crippen LogP) is 3.94. The largest absolute Gasteiger partial charge is 0.338 e. The Morgan fingerprint density at radius 3 is 2.81 bits per heavy atom. The molecule has 1 aliphatic rings. The van der Waals surface area contributed by atoms with Crippen LogP contribution in [0.3, 0.4) is 0 Å². The second-order valence-corrected chi connectivity index (χ2v) is 5.41. The fourth-order valence-corrected chi connectivity index (χ4v) is 2.45. The van der Waals surface area contributed by atoms with E-state index in [9.17, 15) is 4.79 Å². The van der Waals surface area contributed by atoms with Crippen LogP contribution in [0.1, 0.15) is 24.8 Å². The van der Waals surface area contributed by atoms with E-state index >= 15 is 0 Å². The summed E-state index contributed by atoms with van der Waals surface area (Å²) in [5.74, 6) is 0.444. The summed E-state index contributed by atoms with van der Waals surface area (Å²) in [6, 6.07) is 9.80. The van der Waals surface area contributed by atoms with Gasteiger partial charge in [-0.2, -0.15) is 0 Å². The van der Waals surface area contributed by atoms with Crippen molar-refractivity contribution in [3.8, 4) is 11.3 Å². The minimum atomic E-state index is 0.00551. The Morgan fingerprint density at radius 2 is 2.10 bits per heavy atom. The van der Waals surface area contributed by atoms with E-state index in [2.05, 4.69) is 22.6 Å². The topological polar surface area (TPSA) is 55.1 Å². The lowest BCUT2D eigenvalue weighted by atomic mass is 9.94. The zero-order valence-electron chi connectivity index (χ0n) is 12.0. The Morgan fingerprint density at radius 1 is 1.29 bits per heavy atom. The first-order chi connectivity index (χ1) is 10.2. The number of nitrogens with one attached hydrogen (secondary N) is 1. The Bertz CT molecular complexity index is 656. The van der Waals surface area contributed by atoms with Gasteiger partial charge in [-0.3, -0.25) is 10.1 Å². The van der Waals surface area contributed by atoms with Crippen molar-refractivity contribution in [2.75, 3.05) is 5.32 Å². The highest BCUT2D eigenvalue weighted by Gasteiger charge is 2.20. The molecule has 0 aliphatic heterocycles. The van der Waals surface area contributed by atoms with E-state index in [0.29, 0.717) is 5.88 Å². The molecule has 0 radical (unpaired) electrons. The van der Waals surface area contributed by atoms with Gasteiger partial charge in [0.15, 0.2) is 0 Å². The molecular weight excluding hydrogens is 264 g/mol. The second kappa shape index (κ2) is 5.95. The Kier molecular flexibility index (Phi) is 3.86. The summed E-state index contributed by atoms with van der Waals surface area (Å²) in [6.45, 7) is 2.04. The third-order valence-corrected chi connectivity index (χ3v) is 3.74. The van der Waals surface area contributed by atoms with Gasteiger partial charge < -0.3 is 4.52 Å². The molecule has 0 saturated carbocycles. The molecule has 1 aromatic heterocycles. The number of hydrogen-bond donors (Lipinski definition) is 1. The van der Waals surface area contributed by atoms with E-state index in [1.807, 2.05) is 31.2 Å². The molecule has 1 amide bonds. The maximum absolute atomic E-state index is 12.1. The molecular formula is C17H18N2O2. The molecule has 0 fully saturated rings. The number of allylic oxidation sites excluding steroid dienone is 2. The van der Waals surface area contributed by atoms with Gasteiger partial charge in [0.1, 0.15) is 5.69 Å². The van der Waals surface area contributed by atoms with Gasteiger partial charge >= 0.3 is 0 Å². The minimum Gasteiger partial charge on any atom is -0.338 e. The lowest BCUT2D eigenvalue weighted by molar-refractivity contribution is -0.120. The van der Waals surface area contributed by atoms with Crippen LogP contribution in [-0.2, 0) is 4.79 Å². The fourth-order valence-electron chi connectivity index (χ4n) is 2.45. The molecule has 2 aromatic rings. The normalized spacial score (nSPS) is 17.7. The smallest absolute Gasteiger partial charge is 0.231 e. The Balaban J connectivity index is 1.68. The van der Waals surface area contributed by atoms with Crippen molar-refractivity contribution >= 4 is 11.8 Å². The van der Waals surface area contributed by atoms with Gasteiger partial charge in [-0.1, -0.05) is 47.1 Å². The molecule has 0 spiro atoms. The number of amides is 1. The Labute approximate surface area is 123 Å². The molecule has 0 unspecified atom stereocenters. The van der Waals surface area contributed by atoms with E-state index in [1.165, 1.54) is 5.56 Å². The number of nitrogens with zero attached hydrogens (tertiary/aromatic N) is 1. The summed E-state index contributed by atoms with van der Waals surface area (Å²) in [5, 5.41) is 6.82. The predicted molar refractivity (Wildman–Crippen MR) is 81.8 cm³/mol. The van der Waals surface area contributed by atoms with Crippen LogP contribution in [0, 0.1) is 12.8 Å². The number of anilines is 1. The first kappa shape index (κ1) is 13.6. The van der Waals surface area contributed by atoms with Crippen LogP contribution >= 0.6 is 0 Å². The third-order valence-electron chi connectivity index (χ3n) is 3.74. The van der Waals surface area contributed by atoms with Gasteiger partial charge in [-0.15, -0.1) is 0 Å². The number of benzene rings is 1. The average molecular weight is 282 g/mol. The van der Waals surface area contributed by atoms with Crippen molar-refractivity contribution in [1.29, 1.82) is 0 Å². The number of aromatic nitrogens is 1. The van der Waals surface area contributed by atoms with Crippen molar-refractivity contribution in [2.45, 2.75) is 26.2 Å². The minimum absolute atomic E-state index is 0.00551. The van der Waals surface area contributed by atoms with Gasteiger partial charge in [-0.05, 0) is 26.2 Å². The molecule has 3 rings (SSSR count). The number of aryl methyl sites for hydroxylation is 1. The fraction of sp³-hybridized carbons (Fsp3) is 0.294. The van der Waals surface area contributed by atoms with Crippen LogP contribution in [0.5, 0.6) is 0 Å². The summed E-state index contributed by atoms with van der Waals surface area (Å²) in [6.07, 6.45) is 6.83. The van der Waals surface area contributed by atoms with Gasteiger partial charge in [0.2, 0.25) is 11.8 Å². The number of rotatable bonds is 3. The van der Waals surface area contributed by atoms with Crippen LogP contribution < -0.4 is 5.32 Å². The average Bonchev–Trinajstić information content (AvgIpc) is 2.97. The third kappa shape index (κ3) is 3.21. The molecule has 1 atom stereocenters. The maximum Gasteiger partial charge on any atom is 0.231 e. The molecule has 108 valence electrons. The molecule has 21 heavy (non-hydrogen) atoms. The number of hydrogen-bond acceptors (Lipinski definition) is 3. The molecule has 4 nitrogen and oxygen atoms in total. The van der Waals surface area contributed by atoms with E-state index in [1.54, 1.807) is 6.07 Å². The first-order valence-electron chi connectivity index (χ1n) is 7.22. The maximum atomic E-state index is 12.1. The highest BCUT2D eigenvalue weighted by atomic mass is 16.5. The van der Waals surface area contributed by atoms with Gasteiger partial charge in [0.25, 0.3) is 0 Å². The van der Waals surface area contributed by atoms with Crippen molar-refractivity contribution < 1.29 is 9.32 Å². The van der Waals surface area contributed by atoms with E-state index in [-0.39, 0.29) is 11.8 Å². The molecule has 1 aliphatic carbocycles. The summed E-state index contributed by atoms with van der Waals surface area (Å²) in [7, 11) is 0. The molecule has 0 saturated heterocycles. The van der Waals surface area contributed by atoms with Crippen molar-refractivity contribution in [3.05, 3.63) is 48.0 Å². The highest BCUT2D eigenvalue weighted by Crippen LogP contribution is 2.24. The van der Waals surface area contributed by atoms with Crippen LogP contribution in [-0.4, -0.2) is 11.1 Å². The number of carbonyl (C=O) groups excluding carboxylic acids is 1. The summed E-state index contributed by atoms with van der Waals surface area (Å²) < 4.78 is 5.21. The quantitative estimate of drug-likeness (QED) is 0.867. The van der Waals surface area contributed by atoms with E-state index < -0.39 is 0 Å². The zero-order valence-corrected chi connectivity index (χ0v) is 12.0. The highest BCUT2D eigenvalue weighted by molar-refractivity contribution is 5.91. The van der Waals surface area contributed by atoms with Crippen molar-refractivity contribution in [2.24, 2.45) is 5.92 Å². The molecule has 1 aromatic carbocycles. The Hall–Kier alpha value is -2.36. The van der Waals surface area contributed by atoms with Crippen LogP contribution in [0.25, 0.3) is 11.3 Å². The number of carbonyl (C=O) groups is 1. The molecule has 4 heteroatoms. The van der Waals surface area contributed by atoms with Crippen molar-refractivity contribution in [1.82, 2.24) is 5.16 Å². The van der Waals surface area contributed by atoms with Crippen LogP contribution in [0.4, 0.5) is 5.88 Å².